The molecule has 1 rings (SSSR count). The maximum Gasteiger partial charge on any atom is 0.323 e. The van der Waals surface area contributed by atoms with Crippen molar-refractivity contribution in [3.05, 3.63) is 35.9 Å². The summed E-state index contributed by atoms with van der Waals surface area (Å²) >= 11 is 8.08. The molecule has 1 aromatic carbocycles. The Kier molecular flexibility index (Phi) is 13.1. The van der Waals surface area contributed by atoms with Crippen LogP contribution in [0.1, 0.15) is 5.56 Å². The van der Waals surface area contributed by atoms with Crippen molar-refractivity contribution in [1.82, 2.24) is 4.90 Å². The van der Waals surface area contributed by atoms with Crippen LogP contribution in [0.5, 0.6) is 0 Å². The Hall–Kier alpha value is -2.46. The van der Waals surface area contributed by atoms with Gasteiger partial charge in [0.1, 0.15) is 13.1 Å². The lowest BCUT2D eigenvalue weighted by Crippen LogP contribution is -2.38. The lowest BCUT2D eigenvalue weighted by molar-refractivity contribution is -0.140. The third kappa shape index (κ3) is 19.5. The number of nitrogens with zero attached hydrogens (tertiary/aromatic N) is 1. The molecule has 1 aromatic rings. The lowest BCUT2D eigenvalue weighted by atomic mass is 10.2. The molecule has 8 nitrogen and oxygen atoms in total. The molecule has 0 unspecified atom stereocenters. The van der Waals surface area contributed by atoms with Crippen molar-refractivity contribution in [2.75, 3.05) is 13.1 Å². The predicted octanol–water partition coefficient (Wildman–Crippen LogP) is 1.08. The van der Waals surface area contributed by atoms with E-state index in [0.717, 1.165) is 0 Å². The standard InChI is InChI=1S/C7H8.C5H7NO5S.CH3NOS/c1-7-5-3-2-4-6-7;7-3(8)1-6(5(11)12)2-4(9)10;2-1(3)4/h2-6H,1H3;1-2H2,(H,7,8)(H,9,10)(H,11,12);(H3,2,3,4). The van der Waals surface area contributed by atoms with Crippen LogP contribution in [-0.2, 0) is 9.59 Å². The van der Waals surface area contributed by atoms with Crippen LogP contribution in [0.15, 0.2) is 30.3 Å². The number of aliphatic hydroxyl groups is 2. The molecule has 0 spiro atoms. The van der Waals surface area contributed by atoms with Gasteiger partial charge in [-0.05, 0) is 31.4 Å². The topological polar surface area (TPSA) is 144 Å². The maximum absolute atomic E-state index is 10.1. The molecule has 128 valence electrons. The van der Waals surface area contributed by atoms with Gasteiger partial charge in [-0.15, -0.1) is 0 Å². The second-order valence-corrected chi connectivity index (χ2v) is 4.70. The second-order valence-electron chi connectivity index (χ2n) is 3.92. The Morgan fingerprint density at radius 2 is 1.35 bits per heavy atom. The van der Waals surface area contributed by atoms with Crippen LogP contribution in [-0.4, -0.2) is 60.7 Å². The quantitative estimate of drug-likeness (QED) is 0.493. The van der Waals surface area contributed by atoms with E-state index in [2.05, 4.69) is 49.2 Å². The van der Waals surface area contributed by atoms with Gasteiger partial charge in [-0.25, -0.2) is 0 Å². The van der Waals surface area contributed by atoms with Crippen molar-refractivity contribution in [2.45, 2.75) is 6.92 Å². The third-order valence-corrected chi connectivity index (χ3v) is 2.12. The number of nitrogens with two attached hydrogens (primary N) is 1. The summed E-state index contributed by atoms with van der Waals surface area (Å²) in [6.45, 7) is 0.837. The van der Waals surface area contributed by atoms with E-state index in [1.807, 2.05) is 18.2 Å². The van der Waals surface area contributed by atoms with E-state index < -0.39 is 35.4 Å². The Morgan fingerprint density at radius 1 is 1.00 bits per heavy atom. The van der Waals surface area contributed by atoms with Crippen LogP contribution < -0.4 is 5.73 Å². The minimum atomic E-state index is -1.26. The number of rotatable bonds is 4. The molecule has 6 N–H and O–H groups in total. The van der Waals surface area contributed by atoms with Gasteiger partial charge in [-0.1, -0.05) is 35.9 Å². The first-order valence-electron chi connectivity index (χ1n) is 5.97. The number of benzene rings is 1. The molecule has 0 fully saturated rings. The van der Waals surface area contributed by atoms with Crippen molar-refractivity contribution < 1.29 is 30.0 Å². The molecule has 0 aromatic heterocycles. The number of carbonyl (C=O) groups is 2. The average molecular weight is 362 g/mol. The summed E-state index contributed by atoms with van der Waals surface area (Å²) < 4.78 is 0. The number of carboxylic acids is 2. The van der Waals surface area contributed by atoms with Gasteiger partial charge >= 0.3 is 11.9 Å². The summed E-state index contributed by atoms with van der Waals surface area (Å²) in [7, 11) is 0. The molecule has 0 aliphatic carbocycles. The van der Waals surface area contributed by atoms with Crippen molar-refractivity contribution in [2.24, 2.45) is 5.73 Å². The zero-order valence-corrected chi connectivity index (χ0v) is 13.9. The number of aryl methyl sites for hydroxylation is 1. The molecule has 0 saturated heterocycles. The number of hydrogen-bond acceptors (Lipinski definition) is 4. The molecule has 0 aliphatic rings. The van der Waals surface area contributed by atoms with Crippen LogP contribution in [0, 0.1) is 6.92 Å². The summed E-state index contributed by atoms with van der Waals surface area (Å²) in [5, 5.41) is 31.4. The first kappa shape index (κ1) is 22.8. The SMILES string of the molecule is Cc1ccccc1.NC(O)=S.O=C(O)CN(CC(=O)O)C(O)=S. The number of hydrogen-bond donors (Lipinski definition) is 5. The smallest absolute Gasteiger partial charge is 0.323 e. The zero-order chi connectivity index (χ0) is 18.4. The van der Waals surface area contributed by atoms with Crippen molar-refractivity contribution in [3.8, 4) is 0 Å². The van der Waals surface area contributed by atoms with E-state index in [1.165, 1.54) is 5.56 Å². The van der Waals surface area contributed by atoms with Crippen LogP contribution >= 0.6 is 24.4 Å². The van der Waals surface area contributed by atoms with Gasteiger partial charge in [-0.3, -0.25) is 9.59 Å². The molecule has 0 radical (unpaired) electrons. The van der Waals surface area contributed by atoms with Crippen LogP contribution in [0.3, 0.4) is 0 Å². The van der Waals surface area contributed by atoms with E-state index in [9.17, 15) is 9.59 Å². The maximum atomic E-state index is 10.1. The van der Waals surface area contributed by atoms with Crippen molar-refractivity contribution in [1.29, 1.82) is 0 Å². The van der Waals surface area contributed by atoms with Gasteiger partial charge in [0.05, 0.1) is 0 Å². The van der Waals surface area contributed by atoms with Crippen LogP contribution in [0.2, 0.25) is 0 Å². The molecular weight excluding hydrogens is 344 g/mol. The van der Waals surface area contributed by atoms with E-state index >= 15 is 0 Å². The first-order chi connectivity index (χ1) is 10.6. The van der Waals surface area contributed by atoms with E-state index in [1.54, 1.807) is 0 Å². The summed E-state index contributed by atoms with van der Waals surface area (Å²) in [6.07, 6.45) is 0. The van der Waals surface area contributed by atoms with Gasteiger partial charge < -0.3 is 31.1 Å². The van der Waals surface area contributed by atoms with E-state index in [-0.39, 0.29) is 0 Å². The zero-order valence-electron chi connectivity index (χ0n) is 12.2. The first-order valence-corrected chi connectivity index (χ1v) is 6.79. The summed E-state index contributed by atoms with van der Waals surface area (Å²) in [6, 6.07) is 10.3. The fourth-order valence-corrected chi connectivity index (χ4v) is 1.18. The summed E-state index contributed by atoms with van der Waals surface area (Å²) in [4.78, 5) is 20.8. The minimum absolute atomic E-state index is 0.500. The fourth-order valence-electron chi connectivity index (χ4n) is 1.05. The van der Waals surface area contributed by atoms with Gasteiger partial charge in [0, 0.05) is 0 Å². The molecule has 23 heavy (non-hydrogen) atoms. The number of thiocarbonyl (C=S) groups is 2. The second kappa shape index (κ2) is 13.2. The largest absolute Gasteiger partial charge is 0.487 e. The van der Waals surface area contributed by atoms with Crippen molar-refractivity contribution in [3.63, 3.8) is 0 Å². The highest BCUT2D eigenvalue weighted by Gasteiger charge is 2.15. The molecule has 0 heterocycles. The average Bonchev–Trinajstić information content (AvgIpc) is 2.37. The van der Waals surface area contributed by atoms with Crippen LogP contribution in [0.25, 0.3) is 0 Å². The highest BCUT2D eigenvalue weighted by atomic mass is 32.1. The minimum Gasteiger partial charge on any atom is -0.487 e. The van der Waals surface area contributed by atoms with Gasteiger partial charge in [0.25, 0.3) is 10.3 Å². The molecule has 10 heteroatoms. The Bertz CT molecular complexity index is 504. The number of aliphatic carboxylic acids is 2. The van der Waals surface area contributed by atoms with Gasteiger partial charge in [0.2, 0.25) is 0 Å². The highest BCUT2D eigenvalue weighted by Crippen LogP contribution is 1.92. The van der Waals surface area contributed by atoms with Crippen LogP contribution in [0.4, 0.5) is 0 Å². The molecule has 0 amide bonds. The number of aliphatic hydroxyl groups excluding tert-OH is 2. The number of carboxylic acid groups (broad SMARTS) is 2. The Balaban J connectivity index is 0. The lowest BCUT2D eigenvalue weighted by Gasteiger charge is -2.15. The van der Waals surface area contributed by atoms with Gasteiger partial charge in [0.15, 0.2) is 0 Å². The monoisotopic (exact) mass is 362 g/mol. The molecule has 0 saturated carbocycles. The molecule has 0 bridgehead atoms. The highest BCUT2D eigenvalue weighted by molar-refractivity contribution is 7.80. The molecule has 0 aliphatic heterocycles. The van der Waals surface area contributed by atoms with Crippen molar-refractivity contribution >= 4 is 46.7 Å². The fraction of sp³-hybridized carbons (Fsp3) is 0.231. The normalized spacial score (nSPS) is 8.39. The predicted molar refractivity (Wildman–Crippen MR) is 92.7 cm³/mol. The van der Waals surface area contributed by atoms with E-state index in [0.29, 0.717) is 4.90 Å². The molecular formula is C13H18N2O6S2. The van der Waals surface area contributed by atoms with Gasteiger partial charge in [-0.2, -0.15) is 0 Å². The summed E-state index contributed by atoms with van der Waals surface area (Å²) in [5.74, 6) is -2.51. The third-order valence-electron chi connectivity index (χ3n) is 1.86. The Labute approximate surface area is 143 Å². The molecule has 0 atom stereocenters. The summed E-state index contributed by atoms with van der Waals surface area (Å²) in [5.41, 5.74) is 5.72. The Morgan fingerprint density at radius 3 is 1.52 bits per heavy atom. The van der Waals surface area contributed by atoms with E-state index in [4.69, 9.17) is 20.4 Å².